The maximum absolute atomic E-state index is 14.3. The molecule has 4 aliphatic heterocycles. The number of sulfone groups is 1. The van der Waals surface area contributed by atoms with Crippen molar-refractivity contribution < 1.29 is 35.9 Å². The van der Waals surface area contributed by atoms with Gasteiger partial charge >= 0.3 is 6.18 Å². The standard InChI is InChI=1S/C31H33F3N6O5S2/c1-38-6-7-39(24-16-45-15-23(24)38)18-4-5-22(20(10-18)17-2-3-17)36-30-35-12-21(31(32,33)34)27(37-30)25-11-26-28(46-25)29(41)40(19-13-44-14-19)8-9-47(26,42)43/h4-5,10-12,17,19,23-24H,2-3,6-9,13-16H2,1H3,(H,35,36,37)/t23-,24+/m0/s1. The number of halogens is 3. The van der Waals surface area contributed by atoms with Crippen LogP contribution in [0, 0.1) is 0 Å². The molecule has 1 aromatic carbocycles. The van der Waals surface area contributed by atoms with Crippen LogP contribution in [0.1, 0.15) is 39.6 Å². The van der Waals surface area contributed by atoms with E-state index in [0.29, 0.717) is 48.4 Å². The van der Waals surface area contributed by atoms with E-state index in [1.807, 2.05) is 12.1 Å². The van der Waals surface area contributed by atoms with Gasteiger partial charge in [0.15, 0.2) is 9.84 Å². The summed E-state index contributed by atoms with van der Waals surface area (Å²) < 4.78 is 80.2. The number of thiophene rings is 1. The molecule has 2 aromatic heterocycles. The first kappa shape index (κ1) is 31.0. The number of piperazine rings is 1. The molecule has 0 bridgehead atoms. The number of nitrogens with one attached hydrogen (secondary N) is 1. The summed E-state index contributed by atoms with van der Waals surface area (Å²) in [4.78, 5) is 27.5. The van der Waals surface area contributed by atoms with E-state index in [9.17, 15) is 26.4 Å². The van der Waals surface area contributed by atoms with Gasteiger partial charge in [-0.2, -0.15) is 13.2 Å². The highest BCUT2D eigenvalue weighted by Gasteiger charge is 2.42. The summed E-state index contributed by atoms with van der Waals surface area (Å²) in [6.45, 7) is 3.69. The van der Waals surface area contributed by atoms with Crippen molar-refractivity contribution in [2.45, 2.75) is 48.0 Å². The zero-order valence-electron chi connectivity index (χ0n) is 25.5. The van der Waals surface area contributed by atoms with Gasteiger partial charge in [-0.05, 0) is 55.6 Å². The predicted octanol–water partition coefficient (Wildman–Crippen LogP) is 3.99. The van der Waals surface area contributed by atoms with E-state index in [0.717, 1.165) is 43.2 Å². The largest absolute Gasteiger partial charge is 0.420 e. The Morgan fingerprint density at radius 3 is 2.49 bits per heavy atom. The van der Waals surface area contributed by atoms with E-state index in [1.165, 1.54) is 4.90 Å². The number of carbonyl (C=O) groups excluding carboxylic acids is 1. The Balaban J connectivity index is 1.14. The second-order valence-electron chi connectivity index (χ2n) is 12.8. The monoisotopic (exact) mass is 690 g/mol. The number of ether oxygens (including phenoxy) is 2. The van der Waals surface area contributed by atoms with Crippen LogP contribution >= 0.6 is 11.3 Å². The Morgan fingerprint density at radius 1 is 1.00 bits per heavy atom. The minimum absolute atomic E-state index is 0.00670. The molecule has 6 heterocycles. The highest BCUT2D eigenvalue weighted by Crippen LogP contribution is 2.47. The number of aromatic nitrogens is 2. The normalized spacial score (nSPS) is 24.9. The topological polar surface area (TPSA) is 117 Å². The fourth-order valence-corrected chi connectivity index (χ4v) is 9.80. The van der Waals surface area contributed by atoms with Crippen LogP contribution in [0.4, 0.5) is 30.5 Å². The molecule has 250 valence electrons. The Hall–Kier alpha value is -3.31. The summed E-state index contributed by atoms with van der Waals surface area (Å²) in [6, 6.07) is 7.51. The summed E-state index contributed by atoms with van der Waals surface area (Å²) in [7, 11) is -1.82. The second kappa shape index (κ2) is 11.4. The smallest absolute Gasteiger partial charge is 0.378 e. The van der Waals surface area contributed by atoms with Gasteiger partial charge in [-0.3, -0.25) is 9.69 Å². The van der Waals surface area contributed by atoms with Gasteiger partial charge in [-0.25, -0.2) is 18.4 Å². The van der Waals surface area contributed by atoms with E-state index < -0.39 is 33.2 Å². The molecule has 1 amide bonds. The summed E-state index contributed by atoms with van der Waals surface area (Å²) in [5, 5.41) is 3.16. The van der Waals surface area contributed by atoms with Crippen LogP contribution in [-0.4, -0.2) is 111 Å². The number of hydrogen-bond acceptors (Lipinski definition) is 11. The molecule has 3 aromatic rings. The molecule has 4 fully saturated rings. The number of nitrogens with zero attached hydrogens (tertiary/aromatic N) is 5. The number of carbonyl (C=O) groups is 1. The Bertz CT molecular complexity index is 1840. The van der Waals surface area contributed by atoms with Crippen molar-refractivity contribution in [1.82, 2.24) is 19.8 Å². The average Bonchev–Trinajstić information content (AvgIpc) is 3.56. The van der Waals surface area contributed by atoms with Crippen LogP contribution in [-0.2, 0) is 25.5 Å². The fourth-order valence-electron chi connectivity index (χ4n) is 6.88. The van der Waals surface area contributed by atoms with Gasteiger partial charge in [0, 0.05) is 37.2 Å². The van der Waals surface area contributed by atoms with Crippen LogP contribution < -0.4 is 10.2 Å². The quantitative estimate of drug-likeness (QED) is 0.407. The maximum atomic E-state index is 14.3. The van der Waals surface area contributed by atoms with Gasteiger partial charge in [0.05, 0.1) is 65.8 Å². The lowest BCUT2D eigenvalue weighted by molar-refractivity contribution is -0.137. The first-order chi connectivity index (χ1) is 22.5. The molecule has 47 heavy (non-hydrogen) atoms. The molecule has 16 heteroatoms. The fraction of sp³-hybridized carbons (Fsp3) is 0.516. The molecule has 0 spiro atoms. The number of hydrogen-bond donors (Lipinski definition) is 1. The second-order valence-corrected chi connectivity index (χ2v) is 15.9. The zero-order valence-corrected chi connectivity index (χ0v) is 27.1. The van der Waals surface area contributed by atoms with Crippen LogP contribution in [0.15, 0.2) is 35.4 Å². The third-order valence-corrected chi connectivity index (χ3v) is 12.8. The molecule has 3 saturated heterocycles. The average molecular weight is 691 g/mol. The molecule has 8 rings (SSSR count). The summed E-state index contributed by atoms with van der Waals surface area (Å²) in [5.74, 6) is -0.611. The molecular weight excluding hydrogens is 658 g/mol. The van der Waals surface area contributed by atoms with Gasteiger partial charge in [-0.1, -0.05) is 0 Å². The van der Waals surface area contributed by atoms with Crippen molar-refractivity contribution >= 4 is 44.4 Å². The number of alkyl halides is 3. The first-order valence-electron chi connectivity index (χ1n) is 15.6. The summed E-state index contributed by atoms with van der Waals surface area (Å²) in [5.41, 5.74) is 1.22. The van der Waals surface area contributed by atoms with Gasteiger partial charge in [0.1, 0.15) is 10.4 Å². The van der Waals surface area contributed by atoms with Crippen molar-refractivity contribution in [3.63, 3.8) is 0 Å². The predicted molar refractivity (Wildman–Crippen MR) is 168 cm³/mol. The minimum Gasteiger partial charge on any atom is -0.378 e. The van der Waals surface area contributed by atoms with E-state index in [2.05, 4.69) is 38.2 Å². The van der Waals surface area contributed by atoms with Gasteiger partial charge in [-0.15, -0.1) is 11.3 Å². The number of fused-ring (bicyclic) bond motifs is 2. The lowest BCUT2D eigenvalue weighted by Gasteiger charge is -2.43. The highest BCUT2D eigenvalue weighted by molar-refractivity contribution is 7.91. The lowest BCUT2D eigenvalue weighted by atomic mass is 10.0. The molecule has 1 N–H and O–H groups in total. The molecule has 2 atom stereocenters. The number of anilines is 3. The van der Waals surface area contributed by atoms with E-state index in [-0.39, 0.29) is 58.2 Å². The van der Waals surface area contributed by atoms with Crippen LogP contribution in [0.5, 0.6) is 0 Å². The number of rotatable bonds is 6. The van der Waals surface area contributed by atoms with Gasteiger partial charge < -0.3 is 24.6 Å². The highest BCUT2D eigenvalue weighted by atomic mass is 32.2. The van der Waals surface area contributed by atoms with Crippen molar-refractivity contribution in [2.24, 2.45) is 0 Å². The molecule has 1 saturated carbocycles. The Kier molecular flexibility index (Phi) is 7.51. The third-order valence-electron chi connectivity index (χ3n) is 9.79. The number of benzene rings is 1. The third kappa shape index (κ3) is 5.57. The Morgan fingerprint density at radius 2 is 1.77 bits per heavy atom. The molecule has 0 unspecified atom stereocenters. The van der Waals surface area contributed by atoms with Crippen molar-refractivity contribution in [2.75, 3.05) is 69.1 Å². The lowest BCUT2D eigenvalue weighted by Crippen LogP contribution is -2.58. The van der Waals surface area contributed by atoms with Crippen LogP contribution in [0.25, 0.3) is 10.6 Å². The van der Waals surface area contributed by atoms with Crippen molar-refractivity contribution in [3.8, 4) is 10.6 Å². The molecule has 11 nitrogen and oxygen atoms in total. The maximum Gasteiger partial charge on any atom is 0.420 e. The van der Waals surface area contributed by atoms with Crippen LogP contribution in [0.3, 0.4) is 0 Å². The SMILES string of the molecule is CN1CCN(c2ccc(Nc3ncc(C(F)(F)F)c(-c4cc5c(s4)C(=O)N(C4COC4)CCS5(=O)=O)n3)c(C3CC3)c2)[C@@H]2COC[C@@H]21. The molecular formula is C31H33F3N6O5S2. The van der Waals surface area contributed by atoms with Crippen molar-refractivity contribution in [3.05, 3.63) is 46.5 Å². The molecule has 1 aliphatic carbocycles. The summed E-state index contributed by atoms with van der Waals surface area (Å²) >= 11 is 0.708. The minimum atomic E-state index is -4.82. The summed E-state index contributed by atoms with van der Waals surface area (Å²) in [6.07, 6.45) is -2.11. The zero-order chi connectivity index (χ0) is 32.7. The van der Waals surface area contributed by atoms with Gasteiger partial charge in [0.25, 0.3) is 5.91 Å². The van der Waals surface area contributed by atoms with E-state index in [4.69, 9.17) is 9.47 Å². The molecule has 0 radical (unpaired) electrons. The first-order valence-corrected chi connectivity index (χ1v) is 18.1. The van der Waals surface area contributed by atoms with Crippen molar-refractivity contribution in [1.29, 1.82) is 0 Å². The van der Waals surface area contributed by atoms with E-state index >= 15 is 0 Å². The molecule has 5 aliphatic rings. The van der Waals surface area contributed by atoms with Crippen LogP contribution in [0.2, 0.25) is 0 Å². The van der Waals surface area contributed by atoms with Gasteiger partial charge in [0.2, 0.25) is 5.95 Å². The number of likely N-dealkylation sites (N-methyl/N-ethyl adjacent to an activating group) is 1. The Labute approximate surface area is 273 Å². The number of amides is 1. The van der Waals surface area contributed by atoms with E-state index in [1.54, 1.807) is 0 Å².